The summed E-state index contributed by atoms with van der Waals surface area (Å²) in [6.45, 7) is 1.12. The van der Waals surface area contributed by atoms with E-state index < -0.39 is 11.6 Å². The maximum absolute atomic E-state index is 13.6. The molecule has 1 aromatic heterocycles. The fourth-order valence-corrected chi connectivity index (χ4v) is 3.26. The van der Waals surface area contributed by atoms with Crippen LogP contribution < -0.4 is 5.32 Å². The van der Waals surface area contributed by atoms with Crippen molar-refractivity contribution in [2.45, 2.75) is 25.0 Å². The second-order valence-corrected chi connectivity index (χ2v) is 6.38. The van der Waals surface area contributed by atoms with Gasteiger partial charge >= 0.3 is 6.03 Å². The zero-order chi connectivity index (χ0) is 18.0. The molecule has 1 aliphatic heterocycles. The number of nitrogens with one attached hydrogen (secondary N) is 1. The summed E-state index contributed by atoms with van der Waals surface area (Å²) in [6, 6.07) is 6.86. The molecule has 25 heavy (non-hydrogen) atoms. The third kappa shape index (κ3) is 3.82. The zero-order valence-corrected chi connectivity index (χ0v) is 14.2. The van der Waals surface area contributed by atoms with Gasteiger partial charge in [-0.15, -0.1) is 0 Å². The van der Waals surface area contributed by atoms with Gasteiger partial charge in [0.2, 0.25) is 0 Å². The zero-order valence-electron chi connectivity index (χ0n) is 14.2. The number of furan rings is 1. The van der Waals surface area contributed by atoms with E-state index in [2.05, 4.69) is 5.32 Å². The van der Waals surface area contributed by atoms with Crippen LogP contribution in [0.5, 0.6) is 0 Å². The van der Waals surface area contributed by atoms with Gasteiger partial charge in [0.05, 0.1) is 24.9 Å². The minimum absolute atomic E-state index is 0.179. The Morgan fingerprint density at radius 2 is 2.16 bits per heavy atom. The quantitative estimate of drug-likeness (QED) is 0.923. The third-order valence-corrected chi connectivity index (χ3v) is 4.56. The van der Waals surface area contributed by atoms with Crippen LogP contribution in [0.1, 0.15) is 23.8 Å². The first-order valence-electron chi connectivity index (χ1n) is 8.15. The number of rotatable bonds is 4. The van der Waals surface area contributed by atoms with E-state index in [0.29, 0.717) is 17.9 Å². The van der Waals surface area contributed by atoms with Crippen LogP contribution in [0.25, 0.3) is 0 Å². The number of nitrogens with zero attached hydrogens (tertiary/aromatic N) is 2. The molecule has 1 aliphatic rings. The van der Waals surface area contributed by atoms with Crippen LogP contribution in [0.2, 0.25) is 0 Å². The van der Waals surface area contributed by atoms with Crippen LogP contribution in [0.3, 0.4) is 0 Å². The Morgan fingerprint density at radius 1 is 1.36 bits per heavy atom. The highest BCUT2D eigenvalue weighted by molar-refractivity contribution is 5.74. The Bertz CT molecular complexity index is 736. The average molecular weight is 349 g/mol. The van der Waals surface area contributed by atoms with Crippen molar-refractivity contribution < 1.29 is 18.0 Å². The molecule has 0 bridgehead atoms. The van der Waals surface area contributed by atoms with Gasteiger partial charge in [-0.1, -0.05) is 6.07 Å². The molecular formula is C18H21F2N3O2. The highest BCUT2D eigenvalue weighted by atomic mass is 19.2. The van der Waals surface area contributed by atoms with Gasteiger partial charge in [-0.3, -0.25) is 4.90 Å². The number of amides is 2. The molecule has 1 fully saturated rings. The van der Waals surface area contributed by atoms with E-state index in [1.54, 1.807) is 31.5 Å². The van der Waals surface area contributed by atoms with Crippen LogP contribution in [0.15, 0.2) is 41.0 Å². The molecule has 7 heteroatoms. The normalized spacial score (nSPS) is 20.6. The maximum Gasteiger partial charge on any atom is 0.317 e. The van der Waals surface area contributed by atoms with Crippen molar-refractivity contribution in [3.63, 3.8) is 0 Å². The van der Waals surface area contributed by atoms with Crippen LogP contribution in [-0.2, 0) is 6.54 Å². The summed E-state index contributed by atoms with van der Waals surface area (Å²) in [5, 5.41) is 2.99. The fraction of sp³-hybridized carbons (Fsp3) is 0.389. The van der Waals surface area contributed by atoms with Gasteiger partial charge in [-0.25, -0.2) is 13.6 Å². The second kappa shape index (κ2) is 7.23. The molecule has 0 unspecified atom stereocenters. The van der Waals surface area contributed by atoms with Gasteiger partial charge in [0.1, 0.15) is 5.76 Å². The molecule has 3 rings (SSSR count). The van der Waals surface area contributed by atoms with Gasteiger partial charge in [-0.05, 0) is 43.3 Å². The lowest BCUT2D eigenvalue weighted by Gasteiger charge is -2.28. The van der Waals surface area contributed by atoms with Crippen LogP contribution in [-0.4, -0.2) is 42.5 Å². The van der Waals surface area contributed by atoms with Crippen molar-refractivity contribution in [3.8, 4) is 0 Å². The van der Waals surface area contributed by atoms with Crippen molar-refractivity contribution in [2.75, 3.05) is 20.6 Å². The number of carbonyl (C=O) groups excluding carboxylic acids is 1. The molecule has 2 heterocycles. The van der Waals surface area contributed by atoms with Gasteiger partial charge in [0, 0.05) is 13.6 Å². The summed E-state index contributed by atoms with van der Waals surface area (Å²) in [4.78, 5) is 16.0. The molecule has 2 atom stereocenters. The summed E-state index contributed by atoms with van der Waals surface area (Å²) >= 11 is 0. The summed E-state index contributed by atoms with van der Waals surface area (Å²) in [7, 11) is 3.59. The Labute approximate surface area is 145 Å². The Hall–Kier alpha value is -2.41. The molecule has 0 aliphatic carbocycles. The van der Waals surface area contributed by atoms with Crippen molar-refractivity contribution >= 4 is 6.03 Å². The van der Waals surface area contributed by atoms with E-state index in [-0.39, 0.29) is 18.1 Å². The monoisotopic (exact) mass is 349 g/mol. The van der Waals surface area contributed by atoms with E-state index in [1.807, 2.05) is 11.9 Å². The molecule has 1 N–H and O–H groups in total. The first-order valence-corrected chi connectivity index (χ1v) is 8.15. The van der Waals surface area contributed by atoms with Crippen LogP contribution in [0, 0.1) is 11.6 Å². The average Bonchev–Trinajstić information content (AvgIpc) is 3.20. The Kier molecular flexibility index (Phi) is 5.03. The summed E-state index contributed by atoms with van der Waals surface area (Å²) in [5.41, 5.74) is 0.651. The highest BCUT2D eigenvalue weighted by Gasteiger charge is 2.35. The molecule has 2 amide bonds. The molecule has 0 spiro atoms. The van der Waals surface area contributed by atoms with E-state index in [9.17, 15) is 13.6 Å². The van der Waals surface area contributed by atoms with Crippen LogP contribution in [0.4, 0.5) is 13.6 Å². The van der Waals surface area contributed by atoms with Gasteiger partial charge in [-0.2, -0.15) is 0 Å². The SMILES string of the molecule is CN(Cc1ccco1)C(=O)N[C@@H]1CCN(C)[C@H]1c1ccc(F)c(F)c1. The smallest absolute Gasteiger partial charge is 0.317 e. The molecule has 2 aromatic rings. The summed E-state index contributed by atoms with van der Waals surface area (Å²) in [5.74, 6) is -1.06. The minimum atomic E-state index is -0.877. The molecule has 134 valence electrons. The van der Waals surface area contributed by atoms with E-state index in [1.165, 1.54) is 11.0 Å². The molecule has 0 radical (unpaired) electrons. The number of hydrogen-bond donors (Lipinski definition) is 1. The van der Waals surface area contributed by atoms with Crippen molar-refractivity contribution in [1.82, 2.24) is 15.1 Å². The minimum Gasteiger partial charge on any atom is -0.467 e. The predicted octanol–water partition coefficient (Wildman–Crippen LogP) is 3.14. The van der Waals surface area contributed by atoms with Crippen LogP contribution >= 0.6 is 0 Å². The highest BCUT2D eigenvalue weighted by Crippen LogP contribution is 2.31. The maximum atomic E-state index is 13.6. The van der Waals surface area contributed by atoms with Gasteiger partial charge in [0.25, 0.3) is 0 Å². The molecule has 1 aromatic carbocycles. The second-order valence-electron chi connectivity index (χ2n) is 6.38. The number of likely N-dealkylation sites (tertiary alicyclic amines) is 1. The van der Waals surface area contributed by atoms with E-state index >= 15 is 0 Å². The Balaban J connectivity index is 1.69. The summed E-state index contributed by atoms with van der Waals surface area (Å²) in [6.07, 6.45) is 2.30. The van der Waals surface area contributed by atoms with E-state index in [0.717, 1.165) is 19.0 Å². The van der Waals surface area contributed by atoms with Crippen molar-refractivity contribution in [3.05, 3.63) is 59.6 Å². The lowest BCUT2D eigenvalue weighted by Crippen LogP contribution is -2.44. The molecular weight excluding hydrogens is 328 g/mol. The van der Waals surface area contributed by atoms with Gasteiger partial charge < -0.3 is 14.6 Å². The lowest BCUT2D eigenvalue weighted by molar-refractivity contribution is 0.194. The first-order chi connectivity index (χ1) is 12.0. The third-order valence-electron chi connectivity index (χ3n) is 4.56. The topological polar surface area (TPSA) is 48.7 Å². The van der Waals surface area contributed by atoms with Gasteiger partial charge in [0.15, 0.2) is 11.6 Å². The number of hydrogen-bond acceptors (Lipinski definition) is 3. The molecule has 5 nitrogen and oxygen atoms in total. The number of halogens is 2. The molecule has 1 saturated heterocycles. The summed E-state index contributed by atoms with van der Waals surface area (Å²) < 4.78 is 32.0. The fourth-order valence-electron chi connectivity index (χ4n) is 3.26. The number of urea groups is 1. The van der Waals surface area contributed by atoms with E-state index in [4.69, 9.17) is 4.42 Å². The number of carbonyl (C=O) groups is 1. The Morgan fingerprint density at radius 3 is 2.84 bits per heavy atom. The largest absolute Gasteiger partial charge is 0.467 e. The lowest BCUT2D eigenvalue weighted by atomic mass is 10.00. The standard InChI is InChI=1S/C18H21F2N3O2/c1-22-8-7-16(17(22)12-5-6-14(19)15(20)10-12)21-18(24)23(2)11-13-4-3-9-25-13/h3-6,9-10,16-17H,7-8,11H2,1-2H3,(H,21,24)/t16-,17+/m1/s1. The first kappa shape index (κ1) is 17.4. The van der Waals surface area contributed by atoms with Crippen molar-refractivity contribution in [1.29, 1.82) is 0 Å². The van der Waals surface area contributed by atoms with Crippen molar-refractivity contribution in [2.24, 2.45) is 0 Å². The molecule has 0 saturated carbocycles. The number of benzene rings is 1. The number of likely N-dealkylation sites (N-methyl/N-ethyl adjacent to an activating group) is 1. The predicted molar refractivity (Wildman–Crippen MR) is 88.8 cm³/mol.